The van der Waals surface area contributed by atoms with E-state index in [1.54, 1.807) is 0 Å². The molecule has 0 aliphatic carbocycles. The van der Waals surface area contributed by atoms with E-state index in [1.807, 2.05) is 60.7 Å². The van der Waals surface area contributed by atoms with Crippen LogP contribution in [0.25, 0.3) is 0 Å². The first-order valence-electron chi connectivity index (χ1n) is 14.6. The molecular formula is C33H33F6N3O3. The number of carbonyl (C=O) groups excluding carboxylic acids is 2. The SMILES string of the molecule is NC(=O)CNC(=O)C[C@@H]1CN2CC[C@H]1[C@H](OCc1cc(C(F)(F)F)cc(C(F)(F)F)c1)[C@H]2C(c1ccccc1)c1ccccc1. The molecule has 0 spiro atoms. The highest BCUT2D eigenvalue weighted by Gasteiger charge is 2.51. The maximum Gasteiger partial charge on any atom is 0.416 e. The molecule has 1 unspecified atom stereocenters. The molecule has 6 rings (SSSR count). The highest BCUT2D eigenvalue weighted by molar-refractivity contribution is 5.83. The maximum absolute atomic E-state index is 13.6. The first kappa shape index (κ1) is 32.5. The molecule has 240 valence electrons. The summed E-state index contributed by atoms with van der Waals surface area (Å²) >= 11 is 0. The summed E-state index contributed by atoms with van der Waals surface area (Å²) < 4.78 is 88.0. The third-order valence-corrected chi connectivity index (χ3v) is 8.66. The number of fused-ring (bicyclic) bond motifs is 3. The summed E-state index contributed by atoms with van der Waals surface area (Å²) in [6, 6.07) is 20.5. The second kappa shape index (κ2) is 13.2. The van der Waals surface area contributed by atoms with Gasteiger partial charge in [0.25, 0.3) is 0 Å². The standard InChI is InChI=1S/C33H33F6N3O3/c34-32(35,36)24-13-20(14-25(16-24)33(37,38)39)19-45-31-26-11-12-42(18-23(26)15-28(44)41-17-27(40)43)30(31)29(21-7-3-1-4-8-21)22-9-5-2-6-10-22/h1-10,13-14,16,23,26,29-31H,11-12,15,17-19H2,(H2,40,43)(H,41,44)/t23-,26-,30-,31+/m1/s1. The Morgan fingerprint density at radius 1 is 0.889 bits per heavy atom. The smallest absolute Gasteiger partial charge is 0.372 e. The number of amides is 2. The molecule has 0 saturated carbocycles. The van der Waals surface area contributed by atoms with Gasteiger partial charge in [-0.15, -0.1) is 0 Å². The first-order valence-corrected chi connectivity index (χ1v) is 14.6. The van der Waals surface area contributed by atoms with Crippen LogP contribution in [-0.2, 0) is 33.3 Å². The maximum atomic E-state index is 13.6. The van der Waals surface area contributed by atoms with Crippen LogP contribution >= 0.6 is 0 Å². The Bertz CT molecular complexity index is 1410. The van der Waals surface area contributed by atoms with E-state index in [0.29, 0.717) is 31.6 Å². The number of ether oxygens (including phenoxy) is 1. The van der Waals surface area contributed by atoms with E-state index in [9.17, 15) is 35.9 Å². The van der Waals surface area contributed by atoms with Crippen molar-refractivity contribution in [1.29, 1.82) is 0 Å². The van der Waals surface area contributed by atoms with Crippen LogP contribution in [0.5, 0.6) is 0 Å². The molecule has 3 aliphatic rings. The minimum absolute atomic E-state index is 0.0597. The summed E-state index contributed by atoms with van der Waals surface area (Å²) in [5.74, 6) is -1.77. The van der Waals surface area contributed by atoms with Crippen molar-refractivity contribution in [2.75, 3.05) is 19.6 Å². The number of nitrogens with two attached hydrogens (primary N) is 1. The average molecular weight is 634 g/mol. The van der Waals surface area contributed by atoms with Crippen molar-refractivity contribution in [3.05, 3.63) is 107 Å². The lowest BCUT2D eigenvalue weighted by atomic mass is 9.67. The lowest BCUT2D eigenvalue weighted by Gasteiger charge is -2.56. The highest BCUT2D eigenvalue weighted by Crippen LogP contribution is 2.47. The van der Waals surface area contributed by atoms with Crippen molar-refractivity contribution >= 4 is 11.8 Å². The Morgan fingerprint density at radius 2 is 1.44 bits per heavy atom. The molecule has 0 aromatic heterocycles. The van der Waals surface area contributed by atoms with Gasteiger partial charge in [0.1, 0.15) is 0 Å². The van der Waals surface area contributed by atoms with E-state index in [1.165, 1.54) is 0 Å². The van der Waals surface area contributed by atoms with E-state index in [0.717, 1.165) is 11.1 Å². The van der Waals surface area contributed by atoms with Gasteiger partial charge in [0.15, 0.2) is 0 Å². The molecule has 3 fully saturated rings. The summed E-state index contributed by atoms with van der Waals surface area (Å²) in [6.45, 7) is 0.392. The van der Waals surface area contributed by atoms with Crippen molar-refractivity contribution in [1.82, 2.24) is 10.2 Å². The number of rotatable bonds is 10. The van der Waals surface area contributed by atoms with Crippen LogP contribution < -0.4 is 11.1 Å². The van der Waals surface area contributed by atoms with Gasteiger partial charge in [0.05, 0.1) is 30.4 Å². The van der Waals surface area contributed by atoms with Crippen LogP contribution in [0.1, 0.15) is 46.6 Å². The summed E-state index contributed by atoms with van der Waals surface area (Å²) in [6.07, 6.45) is -9.94. The zero-order valence-electron chi connectivity index (χ0n) is 24.2. The van der Waals surface area contributed by atoms with Crippen molar-refractivity contribution in [3.8, 4) is 0 Å². The van der Waals surface area contributed by atoms with Crippen LogP contribution in [-0.4, -0.2) is 48.5 Å². The number of carbonyl (C=O) groups is 2. The molecule has 5 atom stereocenters. The molecule has 45 heavy (non-hydrogen) atoms. The molecule has 3 aliphatic heterocycles. The van der Waals surface area contributed by atoms with Crippen LogP contribution in [0.2, 0.25) is 0 Å². The lowest BCUT2D eigenvalue weighted by molar-refractivity contribution is -0.151. The Labute approximate surface area is 256 Å². The fourth-order valence-electron chi connectivity index (χ4n) is 6.78. The molecule has 3 saturated heterocycles. The molecule has 3 N–H and O–H groups in total. The van der Waals surface area contributed by atoms with Gasteiger partial charge in [0, 0.05) is 24.9 Å². The zero-order chi connectivity index (χ0) is 32.4. The largest absolute Gasteiger partial charge is 0.416 e. The van der Waals surface area contributed by atoms with Gasteiger partial charge in [-0.2, -0.15) is 26.3 Å². The molecule has 0 radical (unpaired) electrons. The van der Waals surface area contributed by atoms with Gasteiger partial charge in [-0.05, 0) is 59.7 Å². The molecule has 3 aromatic carbocycles. The topological polar surface area (TPSA) is 84.7 Å². The Balaban J connectivity index is 1.52. The Hall–Kier alpha value is -3.90. The number of hydrogen-bond acceptors (Lipinski definition) is 4. The van der Waals surface area contributed by atoms with Crippen LogP contribution in [0.4, 0.5) is 26.3 Å². The van der Waals surface area contributed by atoms with Crippen LogP contribution in [0.3, 0.4) is 0 Å². The van der Waals surface area contributed by atoms with Gasteiger partial charge in [-0.25, -0.2) is 0 Å². The van der Waals surface area contributed by atoms with Gasteiger partial charge in [-0.3, -0.25) is 14.5 Å². The van der Waals surface area contributed by atoms with E-state index in [-0.39, 0.29) is 54.3 Å². The van der Waals surface area contributed by atoms with Gasteiger partial charge < -0.3 is 15.8 Å². The monoisotopic (exact) mass is 633 g/mol. The van der Waals surface area contributed by atoms with Crippen molar-refractivity contribution in [2.45, 2.75) is 49.9 Å². The molecule has 2 bridgehead atoms. The molecule has 6 nitrogen and oxygen atoms in total. The number of nitrogens with one attached hydrogen (secondary N) is 1. The molecular weight excluding hydrogens is 600 g/mol. The quantitative estimate of drug-likeness (QED) is 0.279. The van der Waals surface area contributed by atoms with Gasteiger partial charge >= 0.3 is 12.4 Å². The first-order chi connectivity index (χ1) is 21.3. The van der Waals surface area contributed by atoms with Crippen molar-refractivity contribution in [2.24, 2.45) is 17.6 Å². The summed E-state index contributed by atoms with van der Waals surface area (Å²) in [5, 5.41) is 2.50. The second-order valence-electron chi connectivity index (χ2n) is 11.6. The number of benzene rings is 3. The van der Waals surface area contributed by atoms with E-state index in [4.69, 9.17) is 10.5 Å². The molecule has 3 aromatic rings. The van der Waals surface area contributed by atoms with Crippen molar-refractivity contribution < 1.29 is 40.7 Å². The number of alkyl halides is 6. The number of piperidine rings is 3. The summed E-state index contributed by atoms with van der Waals surface area (Å²) in [7, 11) is 0. The van der Waals surface area contributed by atoms with Crippen molar-refractivity contribution in [3.63, 3.8) is 0 Å². The number of primary amides is 1. The Morgan fingerprint density at radius 3 is 1.96 bits per heavy atom. The van der Waals surface area contributed by atoms with Gasteiger partial charge in [-0.1, -0.05) is 60.7 Å². The third kappa shape index (κ3) is 7.67. The second-order valence-corrected chi connectivity index (χ2v) is 11.6. The minimum atomic E-state index is -4.98. The molecule has 12 heteroatoms. The molecule has 2 amide bonds. The molecule has 3 heterocycles. The predicted octanol–water partition coefficient (Wildman–Crippen LogP) is 5.75. The van der Waals surface area contributed by atoms with Crippen LogP contribution in [0.15, 0.2) is 78.9 Å². The number of halogens is 6. The lowest BCUT2D eigenvalue weighted by Crippen LogP contribution is -2.64. The zero-order valence-corrected chi connectivity index (χ0v) is 24.2. The van der Waals surface area contributed by atoms with Gasteiger partial charge in [0.2, 0.25) is 11.8 Å². The predicted molar refractivity (Wildman–Crippen MR) is 154 cm³/mol. The number of hydrogen-bond donors (Lipinski definition) is 2. The normalized spacial score (nSPS) is 23.2. The number of nitrogens with zero attached hydrogens (tertiary/aromatic N) is 1. The van der Waals surface area contributed by atoms with E-state index in [2.05, 4.69) is 10.2 Å². The highest BCUT2D eigenvalue weighted by atomic mass is 19.4. The fourth-order valence-corrected chi connectivity index (χ4v) is 6.78. The average Bonchev–Trinajstić information content (AvgIpc) is 3.00. The van der Waals surface area contributed by atoms with Crippen LogP contribution in [0, 0.1) is 11.8 Å². The van der Waals surface area contributed by atoms with E-state index < -0.39 is 42.1 Å². The summed E-state index contributed by atoms with van der Waals surface area (Å²) in [4.78, 5) is 26.1. The van der Waals surface area contributed by atoms with E-state index >= 15 is 0 Å². The Kier molecular flexibility index (Phi) is 9.54. The minimum Gasteiger partial charge on any atom is -0.372 e. The fraction of sp³-hybridized carbons (Fsp3) is 0.394. The third-order valence-electron chi connectivity index (χ3n) is 8.66. The summed E-state index contributed by atoms with van der Waals surface area (Å²) in [5.41, 5.74) is 4.06.